The predicted octanol–water partition coefficient (Wildman–Crippen LogP) is 3.46. The van der Waals surface area contributed by atoms with Crippen molar-refractivity contribution in [3.8, 4) is 0 Å². The van der Waals surface area contributed by atoms with Gasteiger partial charge in [-0.3, -0.25) is 0 Å². The molecule has 0 saturated heterocycles. The van der Waals surface area contributed by atoms with Crippen LogP contribution in [0.2, 0.25) is 0 Å². The maximum atomic E-state index is 7.69. The number of hydrogen-bond donors (Lipinski definition) is 0. The molecule has 0 aromatic carbocycles. The Kier molecular flexibility index (Phi) is 0.697. The van der Waals surface area contributed by atoms with Gasteiger partial charge in [-0.15, -0.1) is 11.3 Å². The van der Waals surface area contributed by atoms with E-state index >= 15 is 0 Å². The lowest BCUT2D eigenvalue weighted by Gasteiger charge is -1.86. The van der Waals surface area contributed by atoms with E-state index in [1.165, 1.54) is 0 Å². The number of halogens is 1. The van der Waals surface area contributed by atoms with E-state index in [4.69, 9.17) is 12.3 Å². The highest BCUT2D eigenvalue weighted by molar-refractivity contribution is 9.11. The van der Waals surface area contributed by atoms with Crippen LogP contribution >= 0.6 is 27.3 Å². The number of thiophene rings is 1. The first-order chi connectivity index (χ1) is 7.84. The van der Waals surface area contributed by atoms with Crippen molar-refractivity contribution in [3.63, 3.8) is 0 Å². The van der Waals surface area contributed by atoms with Gasteiger partial charge in [0.05, 0.1) is 6.53 Å². The van der Waals surface area contributed by atoms with Gasteiger partial charge in [-0.2, -0.15) is 0 Å². The van der Waals surface area contributed by atoms with Gasteiger partial charge in [-0.1, -0.05) is 13.2 Å². The predicted molar refractivity (Wildman–Crippen MR) is 46.0 cm³/mol. The molecule has 0 radical (unpaired) electrons. The lowest BCUT2D eigenvalue weighted by molar-refractivity contribution is 0.940. The summed E-state index contributed by atoms with van der Waals surface area (Å²) in [5.41, 5.74) is 0. The zero-order valence-electron chi connectivity index (χ0n) is 13.3. The van der Waals surface area contributed by atoms with Gasteiger partial charge in [0.1, 0.15) is 0 Å². The smallest absolute Gasteiger partial charge is 0.0701 e. The van der Waals surface area contributed by atoms with Crippen LogP contribution in [-0.4, -0.2) is 0 Å². The molecule has 0 saturated carbocycles. The minimum Gasteiger partial charge on any atom is -0.133 e. The third-order valence-corrected chi connectivity index (χ3v) is 2.02. The molecule has 0 aliphatic heterocycles. The van der Waals surface area contributed by atoms with Gasteiger partial charge in [0, 0.05) is 14.5 Å². The van der Waals surface area contributed by atoms with E-state index in [1.54, 1.807) is 0 Å². The molecule has 1 rings (SSSR count). The second-order valence-corrected chi connectivity index (χ2v) is 3.54. The van der Waals surface area contributed by atoms with Crippen LogP contribution in [-0.2, 0) is 6.37 Å². The highest BCUT2D eigenvalue weighted by Crippen LogP contribution is 2.22. The highest BCUT2D eigenvalue weighted by atomic mass is 79.9. The maximum Gasteiger partial charge on any atom is 0.0701 e. The first-order valence-corrected chi connectivity index (χ1v) is 3.71. The molecular formula is C7H9BrS. The zero-order chi connectivity index (χ0) is 14.5. The number of rotatable bonds is 2. The molecule has 0 unspecified atom stereocenters. The molecule has 0 N–H and O–H groups in total. The van der Waals surface area contributed by atoms with Crippen LogP contribution in [0.1, 0.15) is 30.4 Å². The van der Waals surface area contributed by atoms with Crippen molar-refractivity contribution in [3.05, 3.63) is 20.7 Å². The van der Waals surface area contributed by atoms with Crippen LogP contribution in [0.25, 0.3) is 0 Å². The topological polar surface area (TPSA) is 0 Å². The fourth-order valence-electron chi connectivity index (χ4n) is 0.360. The Labute approximate surface area is 80.7 Å². The Morgan fingerprint density at radius 1 is 2.00 bits per heavy atom. The van der Waals surface area contributed by atoms with Crippen LogP contribution in [0.3, 0.4) is 0 Å². The summed E-state index contributed by atoms with van der Waals surface area (Å²) in [6.07, 6.45) is -6.02. The molecule has 0 nitrogen and oxygen atoms in total. The van der Waals surface area contributed by atoms with E-state index in [9.17, 15) is 0 Å². The van der Waals surface area contributed by atoms with Gasteiger partial charge >= 0.3 is 0 Å². The summed E-state index contributed by atoms with van der Waals surface area (Å²) < 4.78 is 66.7. The van der Waals surface area contributed by atoms with Crippen LogP contribution in [0.5, 0.6) is 0 Å². The van der Waals surface area contributed by atoms with Crippen LogP contribution < -0.4 is 0 Å². The molecule has 0 aliphatic carbocycles. The van der Waals surface area contributed by atoms with Gasteiger partial charge < -0.3 is 0 Å². The Balaban J connectivity index is 3.42. The minimum absolute atomic E-state index is 0.174. The van der Waals surface area contributed by atoms with Gasteiger partial charge in [0.15, 0.2) is 0 Å². The summed E-state index contributed by atoms with van der Waals surface area (Å²) in [6.45, 7) is -3.17. The van der Waals surface area contributed by atoms with Crippen LogP contribution in [0, 0.1) is 0 Å². The third kappa shape index (κ3) is 2.11. The fraction of sp³-hybridized carbons (Fsp3) is 0.429. The largest absolute Gasteiger partial charge is 0.133 e. The summed E-state index contributed by atoms with van der Waals surface area (Å²) in [4.78, 5) is -0.402. The van der Waals surface area contributed by atoms with E-state index in [-0.39, 0.29) is 9.83 Å². The van der Waals surface area contributed by atoms with Crippen molar-refractivity contribution in [2.75, 3.05) is 0 Å². The van der Waals surface area contributed by atoms with Crippen molar-refractivity contribution in [2.45, 2.75) is 19.6 Å². The van der Waals surface area contributed by atoms with Crippen molar-refractivity contribution in [2.24, 2.45) is 0 Å². The van der Waals surface area contributed by atoms with E-state index in [0.29, 0.717) is 11.3 Å². The normalized spacial score (nSPS) is 29.2. The summed E-state index contributed by atoms with van der Waals surface area (Å²) in [5.74, 6) is 0. The lowest BCUT2D eigenvalue weighted by atomic mass is 10.3. The molecule has 50 valence electrons. The minimum atomic E-state index is -3.17. The molecule has 1 aromatic heterocycles. The average Bonchev–Trinajstić information content (AvgIpc) is 2.44. The van der Waals surface area contributed by atoms with E-state index < -0.39 is 30.5 Å². The zero-order valence-corrected chi connectivity index (χ0v) is 6.69. The van der Waals surface area contributed by atoms with Gasteiger partial charge in [-0.25, -0.2) is 0 Å². The van der Waals surface area contributed by atoms with Crippen molar-refractivity contribution >= 4 is 27.3 Å². The summed E-state index contributed by atoms with van der Waals surface area (Å²) in [5, 5.41) is 0. The monoisotopic (exact) mass is 213 g/mol. The first kappa shape index (κ1) is 1.86. The van der Waals surface area contributed by atoms with E-state index in [2.05, 4.69) is 15.9 Å². The molecular weight excluding hydrogens is 196 g/mol. The van der Waals surface area contributed by atoms with Gasteiger partial charge in [0.25, 0.3) is 0 Å². The third-order valence-electron chi connectivity index (χ3n) is 0.642. The van der Waals surface area contributed by atoms with Crippen LogP contribution in [0.15, 0.2) is 15.9 Å². The quantitative estimate of drug-likeness (QED) is 0.707. The highest BCUT2D eigenvalue weighted by Gasteiger charge is 1.93. The maximum absolute atomic E-state index is 7.69. The number of hydrogen-bond acceptors (Lipinski definition) is 1. The lowest BCUT2D eigenvalue weighted by Crippen LogP contribution is -1.71. The molecule has 1 aromatic rings. The Morgan fingerprint density at radius 3 is 3.44 bits per heavy atom. The Bertz CT molecular complexity index is 460. The summed E-state index contributed by atoms with van der Waals surface area (Å²) >= 11 is 3.63. The van der Waals surface area contributed by atoms with Crippen LogP contribution in [0.4, 0.5) is 0 Å². The fourth-order valence-corrected chi connectivity index (χ4v) is 1.43. The molecule has 0 fully saturated rings. The standard InChI is InChI=1S/C7H9BrS/c1-2-3-6-4-5-7(8)9-6/h4-5H,2-3H2,1H3/i1D3,2D2,3D2,4D,5D. The van der Waals surface area contributed by atoms with Crippen molar-refractivity contribution < 1.29 is 12.3 Å². The number of aryl methyl sites for hydroxylation is 1. The molecule has 0 bridgehead atoms. The molecule has 0 aliphatic rings. The van der Waals surface area contributed by atoms with Gasteiger partial charge in [-0.05, 0) is 34.4 Å². The SMILES string of the molecule is [2H]c1c(Br)sc(C([2H])([2H])C([2H])([2H])C([2H])([2H])[2H])c1[2H]. The molecule has 0 spiro atoms. The molecule has 2 heteroatoms. The van der Waals surface area contributed by atoms with Crippen molar-refractivity contribution in [1.82, 2.24) is 0 Å². The molecule has 0 atom stereocenters. The second-order valence-electron chi connectivity index (χ2n) is 1.20. The van der Waals surface area contributed by atoms with Gasteiger partial charge in [0.2, 0.25) is 0 Å². The Hall–Kier alpha value is 0.180. The van der Waals surface area contributed by atoms with E-state index in [1.807, 2.05) is 0 Å². The molecule has 9 heavy (non-hydrogen) atoms. The summed E-state index contributed by atoms with van der Waals surface area (Å²) in [7, 11) is 0. The second kappa shape index (κ2) is 3.37. The van der Waals surface area contributed by atoms with Crippen molar-refractivity contribution in [1.29, 1.82) is 0 Å². The Morgan fingerprint density at radius 2 is 2.89 bits per heavy atom. The first-order valence-electron chi connectivity index (χ1n) is 6.60. The molecule has 1 heterocycles. The molecule has 0 amide bonds. The summed E-state index contributed by atoms with van der Waals surface area (Å²) in [6, 6.07) is -0.773. The van der Waals surface area contributed by atoms with E-state index in [0.717, 1.165) is 0 Å². The average molecular weight is 214 g/mol.